The van der Waals surface area contributed by atoms with Gasteiger partial charge in [-0.3, -0.25) is 4.79 Å². The number of aliphatic hydroxyl groups is 1. The molecule has 4 rings (SSSR count). The number of carbonyl (C=O) groups is 1. The van der Waals surface area contributed by atoms with Crippen molar-refractivity contribution in [3.63, 3.8) is 0 Å². The Morgan fingerprint density at radius 1 is 1.10 bits per heavy atom. The minimum Gasteiger partial charge on any atom is -0.385 e. The number of nitrogens with zero attached hydrogens (tertiary/aromatic N) is 1. The van der Waals surface area contributed by atoms with Crippen LogP contribution in [0.2, 0.25) is 0 Å². The molecule has 2 fully saturated rings. The van der Waals surface area contributed by atoms with Crippen LogP contribution in [0.25, 0.3) is 0 Å². The van der Waals surface area contributed by atoms with E-state index in [1.807, 2.05) is 0 Å². The summed E-state index contributed by atoms with van der Waals surface area (Å²) in [6, 6.07) is 11.8. The fourth-order valence-corrected chi connectivity index (χ4v) is 6.31. The van der Waals surface area contributed by atoms with Crippen molar-refractivity contribution in [2.75, 3.05) is 13.1 Å². The van der Waals surface area contributed by atoms with Gasteiger partial charge in [0.2, 0.25) is 10.0 Å². The average Bonchev–Trinajstić information content (AvgIpc) is 3.15. The highest BCUT2D eigenvalue weighted by molar-refractivity contribution is 7.89. The molecule has 1 saturated heterocycles. The van der Waals surface area contributed by atoms with Gasteiger partial charge < -0.3 is 5.11 Å². The number of ketones is 1. The Hall–Kier alpha value is -2.09. The van der Waals surface area contributed by atoms with E-state index in [9.17, 15) is 22.7 Å². The predicted molar refractivity (Wildman–Crippen MR) is 106 cm³/mol. The van der Waals surface area contributed by atoms with Crippen LogP contribution in [-0.2, 0) is 15.6 Å². The summed E-state index contributed by atoms with van der Waals surface area (Å²) >= 11 is 0. The van der Waals surface area contributed by atoms with E-state index in [0.717, 1.165) is 12.8 Å². The number of carbonyl (C=O) groups excluding carboxylic acids is 1. The molecule has 3 atom stereocenters. The fraction of sp³-hybridized carbons (Fsp3) is 0.409. The Bertz CT molecular complexity index is 1020. The summed E-state index contributed by atoms with van der Waals surface area (Å²) in [5.74, 6) is -0.683. The van der Waals surface area contributed by atoms with Gasteiger partial charge in [0, 0.05) is 24.6 Å². The molecule has 1 heterocycles. The standard InChI is InChI=1S/C22H24FNO4S/c1-15(25)16-4-10-20(11-5-16)29(27,28)24-13-17-3-2-12-22(26,21(17)14-24)18-6-8-19(23)9-7-18/h4-11,17,21,26H,2-3,12-14H2,1H3. The highest BCUT2D eigenvalue weighted by atomic mass is 32.2. The molecule has 0 spiro atoms. The molecule has 1 saturated carbocycles. The molecule has 1 N–H and O–H groups in total. The van der Waals surface area contributed by atoms with E-state index in [4.69, 9.17) is 0 Å². The van der Waals surface area contributed by atoms with E-state index in [0.29, 0.717) is 24.1 Å². The van der Waals surface area contributed by atoms with Crippen LogP contribution in [0.15, 0.2) is 53.4 Å². The number of halogens is 1. The van der Waals surface area contributed by atoms with Crippen LogP contribution in [0.5, 0.6) is 0 Å². The van der Waals surface area contributed by atoms with Gasteiger partial charge in [0.1, 0.15) is 5.82 Å². The second kappa shape index (κ2) is 7.31. The monoisotopic (exact) mass is 417 g/mol. The predicted octanol–water partition coefficient (Wildman–Crippen LogP) is 3.34. The molecule has 29 heavy (non-hydrogen) atoms. The van der Waals surface area contributed by atoms with Crippen LogP contribution in [0.4, 0.5) is 4.39 Å². The van der Waals surface area contributed by atoms with E-state index < -0.39 is 15.6 Å². The first-order chi connectivity index (χ1) is 13.7. The van der Waals surface area contributed by atoms with E-state index >= 15 is 0 Å². The highest BCUT2D eigenvalue weighted by Crippen LogP contribution is 2.49. The van der Waals surface area contributed by atoms with Gasteiger partial charge in [-0.2, -0.15) is 4.31 Å². The zero-order valence-electron chi connectivity index (χ0n) is 16.2. The van der Waals surface area contributed by atoms with Gasteiger partial charge in [-0.25, -0.2) is 12.8 Å². The molecule has 3 unspecified atom stereocenters. The number of fused-ring (bicyclic) bond motifs is 1. The smallest absolute Gasteiger partial charge is 0.243 e. The Morgan fingerprint density at radius 2 is 1.76 bits per heavy atom. The SMILES string of the molecule is CC(=O)c1ccc(S(=O)(=O)N2CC3CCCC(O)(c4ccc(F)cc4)C3C2)cc1. The van der Waals surface area contributed by atoms with Crippen molar-refractivity contribution in [3.8, 4) is 0 Å². The summed E-state index contributed by atoms with van der Waals surface area (Å²) in [6.45, 7) is 2.01. The quantitative estimate of drug-likeness (QED) is 0.775. The van der Waals surface area contributed by atoms with Gasteiger partial charge in [-0.1, -0.05) is 24.3 Å². The number of sulfonamides is 1. The first-order valence-corrected chi connectivity index (χ1v) is 11.3. The Morgan fingerprint density at radius 3 is 2.38 bits per heavy atom. The molecule has 1 aliphatic heterocycles. The van der Waals surface area contributed by atoms with Crippen molar-refractivity contribution in [1.29, 1.82) is 0 Å². The van der Waals surface area contributed by atoms with Crippen LogP contribution < -0.4 is 0 Å². The number of Topliss-reactive ketones (excluding diaryl/α,β-unsaturated/α-hetero) is 1. The van der Waals surface area contributed by atoms with Crippen molar-refractivity contribution < 1.29 is 22.7 Å². The number of hydrogen-bond donors (Lipinski definition) is 1. The molecule has 0 aromatic heterocycles. The van der Waals surface area contributed by atoms with E-state index in [2.05, 4.69) is 0 Å². The molecule has 0 radical (unpaired) electrons. The van der Waals surface area contributed by atoms with Gasteiger partial charge in [-0.05, 0) is 61.9 Å². The van der Waals surface area contributed by atoms with Crippen molar-refractivity contribution in [3.05, 3.63) is 65.5 Å². The Kier molecular flexibility index (Phi) is 5.09. The molecule has 7 heteroatoms. The zero-order chi connectivity index (χ0) is 20.8. The zero-order valence-corrected chi connectivity index (χ0v) is 17.0. The second-order valence-electron chi connectivity index (χ2n) is 8.09. The summed E-state index contributed by atoms with van der Waals surface area (Å²) in [7, 11) is -3.73. The molecular formula is C22H24FNO4S. The first kappa shape index (κ1) is 20.2. The Labute approximate surface area is 170 Å². The molecule has 154 valence electrons. The summed E-state index contributed by atoms with van der Waals surface area (Å²) in [5.41, 5.74) is -0.0669. The van der Waals surface area contributed by atoms with Gasteiger partial charge in [0.25, 0.3) is 0 Å². The molecule has 2 aromatic carbocycles. The van der Waals surface area contributed by atoms with Crippen LogP contribution in [0.1, 0.15) is 42.1 Å². The molecule has 1 aliphatic carbocycles. The maximum atomic E-state index is 13.3. The summed E-state index contributed by atoms with van der Waals surface area (Å²) in [6.07, 6.45) is 2.17. The molecule has 5 nitrogen and oxygen atoms in total. The minimum atomic E-state index is -3.73. The van der Waals surface area contributed by atoms with Crippen molar-refractivity contribution in [2.45, 2.75) is 36.7 Å². The summed E-state index contributed by atoms with van der Waals surface area (Å²) in [4.78, 5) is 11.6. The van der Waals surface area contributed by atoms with Gasteiger partial charge in [0.15, 0.2) is 5.78 Å². The lowest BCUT2D eigenvalue weighted by Crippen LogP contribution is -2.43. The highest BCUT2D eigenvalue weighted by Gasteiger charge is 2.52. The maximum Gasteiger partial charge on any atom is 0.243 e. The number of benzene rings is 2. The maximum absolute atomic E-state index is 13.3. The number of rotatable bonds is 4. The third-order valence-electron chi connectivity index (χ3n) is 6.40. The third kappa shape index (κ3) is 3.52. The van der Waals surface area contributed by atoms with Crippen molar-refractivity contribution >= 4 is 15.8 Å². The molecule has 2 aliphatic rings. The average molecular weight is 418 g/mol. The largest absolute Gasteiger partial charge is 0.385 e. The van der Waals surface area contributed by atoms with Crippen molar-refractivity contribution in [1.82, 2.24) is 4.31 Å². The van der Waals surface area contributed by atoms with Crippen LogP contribution in [-0.4, -0.2) is 36.7 Å². The third-order valence-corrected chi connectivity index (χ3v) is 8.24. The topological polar surface area (TPSA) is 74.7 Å². The van der Waals surface area contributed by atoms with Gasteiger partial charge >= 0.3 is 0 Å². The van der Waals surface area contributed by atoms with E-state index in [-0.39, 0.29) is 34.9 Å². The lowest BCUT2D eigenvalue weighted by molar-refractivity contribution is -0.0641. The molecule has 2 aromatic rings. The van der Waals surface area contributed by atoms with Crippen LogP contribution >= 0.6 is 0 Å². The molecule has 0 amide bonds. The second-order valence-corrected chi connectivity index (χ2v) is 10.0. The molecule has 0 bridgehead atoms. The lowest BCUT2D eigenvalue weighted by atomic mass is 9.67. The minimum absolute atomic E-state index is 0.0464. The van der Waals surface area contributed by atoms with Crippen LogP contribution in [0.3, 0.4) is 0 Å². The van der Waals surface area contributed by atoms with Crippen LogP contribution in [0, 0.1) is 17.7 Å². The Balaban J connectivity index is 1.62. The van der Waals surface area contributed by atoms with Gasteiger partial charge in [0.05, 0.1) is 10.5 Å². The number of hydrogen-bond acceptors (Lipinski definition) is 4. The van der Waals surface area contributed by atoms with E-state index in [1.165, 1.54) is 47.6 Å². The lowest BCUT2D eigenvalue weighted by Gasteiger charge is -2.41. The normalized spacial score (nSPS) is 27.6. The van der Waals surface area contributed by atoms with E-state index in [1.54, 1.807) is 12.1 Å². The van der Waals surface area contributed by atoms with Crippen molar-refractivity contribution in [2.24, 2.45) is 11.8 Å². The first-order valence-electron chi connectivity index (χ1n) is 9.81. The summed E-state index contributed by atoms with van der Waals surface area (Å²) in [5, 5.41) is 11.5. The fourth-order valence-electron chi connectivity index (χ4n) is 4.79. The summed E-state index contributed by atoms with van der Waals surface area (Å²) < 4.78 is 41.1. The van der Waals surface area contributed by atoms with Gasteiger partial charge in [-0.15, -0.1) is 0 Å². The molecular weight excluding hydrogens is 393 g/mol.